The molecule has 0 aromatic carbocycles. The van der Waals surface area contributed by atoms with Crippen LogP contribution in [0.5, 0.6) is 0 Å². The first-order valence-corrected chi connectivity index (χ1v) is 7.43. The number of nitrogens with one attached hydrogen (secondary N) is 4. The average molecular weight is 322 g/mol. The topological polar surface area (TPSA) is 99.3 Å². The lowest BCUT2D eigenvalue weighted by molar-refractivity contribution is -0.129. The number of amides is 3. The molecule has 2 atom stereocenters. The lowest BCUT2D eigenvalue weighted by Crippen LogP contribution is -2.51. The highest BCUT2D eigenvalue weighted by molar-refractivity contribution is 7.80. The summed E-state index contributed by atoms with van der Waals surface area (Å²) >= 11 is 8.04. The third-order valence-corrected chi connectivity index (χ3v) is 3.19. The molecule has 0 saturated carbocycles. The molecule has 0 rings (SSSR count). The summed E-state index contributed by atoms with van der Waals surface area (Å²) in [6.07, 6.45) is 0. The van der Waals surface area contributed by atoms with Gasteiger partial charge in [0.05, 0.1) is 13.1 Å². The number of rotatable bonds is 9. The van der Waals surface area contributed by atoms with Crippen molar-refractivity contribution in [3.8, 4) is 0 Å². The lowest BCUT2D eigenvalue weighted by Gasteiger charge is -2.17. The second-order valence-electron chi connectivity index (χ2n) is 4.20. The number of hydrogen-bond donors (Lipinski definition) is 6. The Balaban J connectivity index is 4.15. The van der Waals surface area contributed by atoms with Gasteiger partial charge in [0.2, 0.25) is 17.7 Å². The highest BCUT2D eigenvalue weighted by atomic mass is 32.1. The fourth-order valence-electron chi connectivity index (χ4n) is 1.26. The Morgan fingerprint density at radius 2 is 1.60 bits per heavy atom. The van der Waals surface area contributed by atoms with E-state index in [1.165, 1.54) is 0 Å². The zero-order valence-corrected chi connectivity index (χ0v) is 13.4. The summed E-state index contributed by atoms with van der Waals surface area (Å²) in [6, 6.07) is -0.840. The average Bonchev–Trinajstić information content (AvgIpc) is 2.42. The van der Waals surface area contributed by atoms with Crippen molar-refractivity contribution in [2.75, 3.05) is 31.6 Å². The molecule has 7 nitrogen and oxygen atoms in total. The molecule has 20 heavy (non-hydrogen) atoms. The van der Waals surface area contributed by atoms with E-state index in [0.29, 0.717) is 5.75 Å². The van der Waals surface area contributed by atoms with E-state index in [1.807, 2.05) is 0 Å². The van der Waals surface area contributed by atoms with Gasteiger partial charge in [-0.3, -0.25) is 14.4 Å². The Morgan fingerprint density at radius 3 is 2.10 bits per heavy atom. The minimum atomic E-state index is -0.769. The molecule has 0 aliphatic carbocycles. The van der Waals surface area contributed by atoms with E-state index in [1.54, 1.807) is 14.0 Å². The summed E-state index contributed by atoms with van der Waals surface area (Å²) in [4.78, 5) is 34.6. The van der Waals surface area contributed by atoms with Gasteiger partial charge in [-0.2, -0.15) is 25.3 Å². The molecular weight excluding hydrogens is 300 g/mol. The Hall–Kier alpha value is -0.930. The fourth-order valence-corrected chi connectivity index (χ4v) is 1.61. The second-order valence-corrected chi connectivity index (χ2v) is 4.93. The van der Waals surface area contributed by atoms with Crippen LogP contribution in [0.25, 0.3) is 0 Å². The maximum atomic E-state index is 11.8. The van der Waals surface area contributed by atoms with Crippen LogP contribution in [0.2, 0.25) is 0 Å². The molecular formula is C11H22N4O3S2. The SMILES string of the molecule is CNCC(=O)NC(CS)C(=O)NCC(=O)NC(C)CS. The predicted molar refractivity (Wildman–Crippen MR) is 84.2 cm³/mol. The highest BCUT2D eigenvalue weighted by Gasteiger charge is 2.19. The third kappa shape index (κ3) is 8.28. The zero-order chi connectivity index (χ0) is 15.5. The molecule has 0 aliphatic rings. The molecule has 0 saturated heterocycles. The summed E-state index contributed by atoms with van der Waals surface area (Å²) < 4.78 is 0. The normalized spacial score (nSPS) is 13.2. The quantitative estimate of drug-likeness (QED) is 0.281. The summed E-state index contributed by atoms with van der Waals surface area (Å²) in [5, 5.41) is 10.3. The Morgan fingerprint density at radius 1 is 1.00 bits per heavy atom. The van der Waals surface area contributed by atoms with Crippen LogP contribution in [0.3, 0.4) is 0 Å². The molecule has 0 bridgehead atoms. The summed E-state index contributed by atoms with van der Waals surface area (Å²) in [5.41, 5.74) is 0. The van der Waals surface area contributed by atoms with Crippen LogP contribution in [0.4, 0.5) is 0 Å². The van der Waals surface area contributed by atoms with Gasteiger partial charge in [-0.25, -0.2) is 0 Å². The molecule has 0 spiro atoms. The van der Waals surface area contributed by atoms with Crippen LogP contribution in [0.1, 0.15) is 6.92 Å². The summed E-state index contributed by atoms with van der Waals surface area (Å²) in [5.74, 6) is -0.401. The second kappa shape index (κ2) is 10.8. The zero-order valence-electron chi connectivity index (χ0n) is 11.6. The number of likely N-dealkylation sites (N-methyl/N-ethyl adjacent to an activating group) is 1. The Labute approximate surface area is 129 Å². The maximum absolute atomic E-state index is 11.8. The van der Waals surface area contributed by atoms with E-state index in [0.717, 1.165) is 0 Å². The predicted octanol–water partition coefficient (Wildman–Crippen LogP) is -1.83. The first-order chi connectivity index (χ1) is 9.44. The lowest BCUT2D eigenvalue weighted by atomic mass is 10.3. The monoisotopic (exact) mass is 322 g/mol. The molecule has 0 fully saturated rings. The van der Waals surface area contributed by atoms with E-state index >= 15 is 0 Å². The van der Waals surface area contributed by atoms with Gasteiger partial charge in [-0.1, -0.05) is 0 Å². The molecule has 0 aromatic heterocycles. The molecule has 4 N–H and O–H groups in total. The van der Waals surface area contributed by atoms with Crippen LogP contribution >= 0.6 is 25.3 Å². The van der Waals surface area contributed by atoms with Crippen molar-refractivity contribution in [3.63, 3.8) is 0 Å². The first kappa shape index (κ1) is 19.1. The van der Waals surface area contributed by atoms with Crippen molar-refractivity contribution < 1.29 is 14.4 Å². The molecule has 3 amide bonds. The number of thiol groups is 2. The molecule has 0 aromatic rings. The van der Waals surface area contributed by atoms with Crippen LogP contribution in [-0.4, -0.2) is 61.4 Å². The van der Waals surface area contributed by atoms with Gasteiger partial charge in [0.25, 0.3) is 0 Å². The number of carbonyl (C=O) groups excluding carboxylic acids is 3. The van der Waals surface area contributed by atoms with Crippen molar-refractivity contribution in [2.24, 2.45) is 0 Å². The van der Waals surface area contributed by atoms with Crippen molar-refractivity contribution in [1.82, 2.24) is 21.3 Å². The standard InChI is InChI=1S/C11H22N4O3S2/c1-7(5-19)14-10(17)4-13-11(18)8(6-20)15-9(16)3-12-2/h7-8,12,19-20H,3-6H2,1-2H3,(H,13,18)(H,14,17)(H,15,16). The van der Waals surface area contributed by atoms with E-state index in [9.17, 15) is 14.4 Å². The Kier molecular flexibility index (Phi) is 10.3. The van der Waals surface area contributed by atoms with E-state index in [4.69, 9.17) is 0 Å². The molecule has 2 unspecified atom stereocenters. The molecule has 0 aliphatic heterocycles. The largest absolute Gasteiger partial charge is 0.351 e. The van der Waals surface area contributed by atoms with Gasteiger partial charge in [-0.05, 0) is 14.0 Å². The highest BCUT2D eigenvalue weighted by Crippen LogP contribution is 1.89. The van der Waals surface area contributed by atoms with Crippen molar-refractivity contribution >= 4 is 43.0 Å². The summed E-state index contributed by atoms with van der Waals surface area (Å²) in [7, 11) is 1.63. The van der Waals surface area contributed by atoms with Gasteiger partial charge in [0.15, 0.2) is 0 Å². The van der Waals surface area contributed by atoms with Crippen molar-refractivity contribution in [2.45, 2.75) is 19.0 Å². The molecule has 0 radical (unpaired) electrons. The first-order valence-electron chi connectivity index (χ1n) is 6.17. The molecule has 0 heterocycles. The minimum Gasteiger partial charge on any atom is -0.351 e. The van der Waals surface area contributed by atoms with Gasteiger partial charge < -0.3 is 21.3 Å². The van der Waals surface area contributed by atoms with E-state index in [2.05, 4.69) is 46.5 Å². The van der Waals surface area contributed by atoms with E-state index in [-0.39, 0.29) is 36.7 Å². The Bertz CT molecular complexity index is 342. The van der Waals surface area contributed by atoms with Crippen molar-refractivity contribution in [1.29, 1.82) is 0 Å². The van der Waals surface area contributed by atoms with E-state index < -0.39 is 11.9 Å². The fraction of sp³-hybridized carbons (Fsp3) is 0.727. The summed E-state index contributed by atoms with van der Waals surface area (Å²) in [6.45, 7) is 1.77. The van der Waals surface area contributed by atoms with Gasteiger partial charge >= 0.3 is 0 Å². The molecule has 116 valence electrons. The smallest absolute Gasteiger partial charge is 0.243 e. The third-order valence-electron chi connectivity index (χ3n) is 2.28. The van der Waals surface area contributed by atoms with Gasteiger partial charge in [-0.15, -0.1) is 0 Å². The van der Waals surface area contributed by atoms with Gasteiger partial charge in [0, 0.05) is 17.5 Å². The van der Waals surface area contributed by atoms with Crippen LogP contribution in [0.15, 0.2) is 0 Å². The van der Waals surface area contributed by atoms with Crippen LogP contribution in [0, 0.1) is 0 Å². The van der Waals surface area contributed by atoms with Gasteiger partial charge in [0.1, 0.15) is 6.04 Å². The van der Waals surface area contributed by atoms with Crippen LogP contribution in [-0.2, 0) is 14.4 Å². The van der Waals surface area contributed by atoms with Crippen molar-refractivity contribution in [3.05, 3.63) is 0 Å². The number of hydrogen-bond acceptors (Lipinski definition) is 6. The minimum absolute atomic E-state index is 0.0706. The molecule has 9 heteroatoms. The number of carbonyl (C=O) groups is 3. The van der Waals surface area contributed by atoms with Crippen LogP contribution < -0.4 is 21.3 Å². The maximum Gasteiger partial charge on any atom is 0.243 e.